The average Bonchev–Trinajstić information content (AvgIpc) is 3.65. The zero-order chi connectivity index (χ0) is 30.5. The van der Waals surface area contributed by atoms with Gasteiger partial charge in [0.15, 0.2) is 11.5 Å². The van der Waals surface area contributed by atoms with Gasteiger partial charge >= 0.3 is 0 Å². The van der Waals surface area contributed by atoms with Gasteiger partial charge < -0.3 is 14.0 Å². The molecular weight excluding hydrogens is 572 g/mol. The third-order valence-electron chi connectivity index (χ3n) is 7.76. The Labute approximate surface area is 258 Å². The Morgan fingerprint density at radius 2 is 1.43 bits per heavy atom. The Hall–Kier alpha value is -4.44. The molecule has 0 radical (unpaired) electrons. The minimum absolute atomic E-state index is 0.0973. The van der Waals surface area contributed by atoms with Crippen molar-refractivity contribution < 1.29 is 17.9 Å². The van der Waals surface area contributed by atoms with Crippen LogP contribution in [0.2, 0.25) is 0 Å². The van der Waals surface area contributed by atoms with E-state index in [4.69, 9.17) is 19.6 Å². The van der Waals surface area contributed by atoms with Gasteiger partial charge in [0, 0.05) is 37.3 Å². The fourth-order valence-electron chi connectivity index (χ4n) is 5.56. The van der Waals surface area contributed by atoms with E-state index in [9.17, 15) is 8.42 Å². The maximum atomic E-state index is 11.9. The van der Waals surface area contributed by atoms with Crippen molar-refractivity contribution in [2.24, 2.45) is 5.14 Å². The van der Waals surface area contributed by atoms with Gasteiger partial charge in [-0.1, -0.05) is 92.2 Å². The van der Waals surface area contributed by atoms with Gasteiger partial charge in [0.05, 0.1) is 16.3 Å². The van der Waals surface area contributed by atoms with Crippen molar-refractivity contribution in [1.29, 1.82) is 0 Å². The number of unbranched alkanes of at least 4 members (excludes halogenated alkanes) is 1. The van der Waals surface area contributed by atoms with Crippen LogP contribution in [0.15, 0.2) is 108 Å². The predicted octanol–water partition coefficient (Wildman–Crippen LogP) is 6.60. The molecule has 1 aliphatic rings. The molecule has 5 aromatic rings. The van der Waals surface area contributed by atoms with E-state index in [1.807, 2.05) is 60.7 Å². The highest BCUT2D eigenvalue weighted by atomic mass is 32.2. The molecule has 6 rings (SSSR count). The fraction of sp³-hybridized carbons (Fsp3) is 0.229. The highest BCUT2D eigenvalue weighted by Gasteiger charge is 2.23. The lowest BCUT2D eigenvalue weighted by atomic mass is 10.1. The molecule has 2 heterocycles. The zero-order valence-electron chi connectivity index (χ0n) is 24.7. The number of ether oxygens (including phenoxy) is 2. The van der Waals surface area contributed by atoms with E-state index < -0.39 is 10.0 Å². The number of fused-ring (bicyclic) bond motifs is 1. The number of benzene rings is 4. The lowest BCUT2D eigenvalue weighted by Gasteiger charge is -2.25. The molecule has 1 aliphatic heterocycles. The highest BCUT2D eigenvalue weighted by molar-refractivity contribution is 7.89. The van der Waals surface area contributed by atoms with Crippen molar-refractivity contribution in [1.82, 2.24) is 14.5 Å². The van der Waals surface area contributed by atoms with Crippen LogP contribution in [0.5, 0.6) is 11.5 Å². The molecule has 4 aromatic carbocycles. The summed E-state index contributed by atoms with van der Waals surface area (Å²) in [5.41, 5.74) is 6.29. The second-order valence-electron chi connectivity index (χ2n) is 11.0. The molecule has 8 nitrogen and oxygen atoms in total. The third kappa shape index (κ3) is 6.70. The van der Waals surface area contributed by atoms with Gasteiger partial charge in [-0.2, -0.15) is 0 Å². The molecule has 2 N–H and O–H groups in total. The minimum Gasteiger partial charge on any atom is -0.454 e. The van der Waals surface area contributed by atoms with Gasteiger partial charge in [-0.3, -0.25) is 4.90 Å². The molecule has 0 unspecified atom stereocenters. The molecule has 0 saturated heterocycles. The zero-order valence-corrected chi connectivity index (χ0v) is 25.5. The first-order valence-electron chi connectivity index (χ1n) is 14.8. The number of rotatable bonds is 12. The van der Waals surface area contributed by atoms with Crippen molar-refractivity contribution in [2.75, 3.05) is 6.79 Å². The number of nitrogens with two attached hydrogens (primary N) is 1. The van der Waals surface area contributed by atoms with E-state index in [2.05, 4.69) is 46.7 Å². The van der Waals surface area contributed by atoms with Crippen LogP contribution in [0.25, 0.3) is 22.6 Å². The Morgan fingerprint density at radius 3 is 2.11 bits per heavy atom. The van der Waals surface area contributed by atoms with Crippen LogP contribution in [0, 0.1) is 0 Å². The molecule has 0 amide bonds. The van der Waals surface area contributed by atoms with Crippen LogP contribution in [-0.2, 0) is 36.2 Å². The molecule has 0 bridgehead atoms. The van der Waals surface area contributed by atoms with Crippen molar-refractivity contribution in [3.05, 3.63) is 120 Å². The molecule has 0 atom stereocenters. The van der Waals surface area contributed by atoms with Crippen LogP contribution in [0.3, 0.4) is 0 Å². The minimum atomic E-state index is -3.78. The smallest absolute Gasteiger partial charge is 0.238 e. The number of imidazole rings is 1. The largest absolute Gasteiger partial charge is 0.454 e. The first-order valence-corrected chi connectivity index (χ1v) is 16.4. The summed E-state index contributed by atoms with van der Waals surface area (Å²) < 4.78 is 37.4. The lowest BCUT2D eigenvalue weighted by molar-refractivity contribution is 0.174. The van der Waals surface area contributed by atoms with Gasteiger partial charge in [-0.05, 0) is 41.8 Å². The number of hydrogen-bond acceptors (Lipinski definition) is 6. The molecule has 9 heteroatoms. The van der Waals surface area contributed by atoms with Gasteiger partial charge in [0.25, 0.3) is 0 Å². The molecule has 44 heavy (non-hydrogen) atoms. The number of nitrogens with zero attached hydrogens (tertiary/aromatic N) is 3. The summed E-state index contributed by atoms with van der Waals surface area (Å²) in [4.78, 5) is 7.72. The van der Waals surface area contributed by atoms with Gasteiger partial charge in [0.2, 0.25) is 16.8 Å². The molecule has 1 aromatic heterocycles. The third-order valence-corrected chi connectivity index (χ3v) is 8.69. The van der Waals surface area contributed by atoms with Gasteiger partial charge in [-0.25, -0.2) is 18.5 Å². The predicted molar refractivity (Wildman–Crippen MR) is 171 cm³/mol. The summed E-state index contributed by atoms with van der Waals surface area (Å²) in [5, 5.41) is 5.37. The monoisotopic (exact) mass is 608 g/mol. The van der Waals surface area contributed by atoms with E-state index in [0.29, 0.717) is 19.6 Å². The van der Waals surface area contributed by atoms with Gasteiger partial charge in [-0.15, -0.1) is 0 Å². The maximum absolute atomic E-state index is 11.9. The summed E-state index contributed by atoms with van der Waals surface area (Å²) in [6, 6.07) is 33.5. The molecule has 0 saturated carbocycles. The highest BCUT2D eigenvalue weighted by Crippen LogP contribution is 2.34. The normalized spacial score (nSPS) is 12.6. The molecule has 0 spiro atoms. The molecular formula is C35H36N4O4S. The Bertz CT molecular complexity index is 1820. The summed E-state index contributed by atoms with van der Waals surface area (Å²) >= 11 is 0. The number of hydrogen-bond donors (Lipinski definition) is 1. The second kappa shape index (κ2) is 13.1. The molecule has 0 aliphatic carbocycles. The number of primary sulfonamides is 1. The fourth-order valence-corrected chi connectivity index (χ4v) is 6.07. The van der Waals surface area contributed by atoms with E-state index in [-0.39, 0.29) is 11.7 Å². The van der Waals surface area contributed by atoms with Crippen molar-refractivity contribution in [2.45, 2.75) is 50.8 Å². The van der Waals surface area contributed by atoms with Crippen LogP contribution in [-0.4, -0.2) is 29.7 Å². The lowest BCUT2D eigenvalue weighted by Crippen LogP contribution is -2.24. The maximum Gasteiger partial charge on any atom is 0.238 e. The van der Waals surface area contributed by atoms with Crippen molar-refractivity contribution in [3.63, 3.8) is 0 Å². The first-order chi connectivity index (χ1) is 21.4. The quantitative estimate of drug-likeness (QED) is 0.171. The van der Waals surface area contributed by atoms with E-state index >= 15 is 0 Å². The van der Waals surface area contributed by atoms with Crippen LogP contribution < -0.4 is 14.6 Å². The van der Waals surface area contributed by atoms with Crippen molar-refractivity contribution >= 4 is 10.0 Å². The summed E-state index contributed by atoms with van der Waals surface area (Å²) in [6.45, 7) is 5.08. The number of sulfonamides is 1. The van der Waals surface area contributed by atoms with E-state index in [0.717, 1.165) is 70.4 Å². The Morgan fingerprint density at radius 1 is 0.795 bits per heavy atom. The summed E-state index contributed by atoms with van der Waals surface area (Å²) in [6.07, 6.45) is 2.08. The van der Waals surface area contributed by atoms with E-state index in [1.54, 1.807) is 12.1 Å². The Kier molecular flexibility index (Phi) is 8.79. The average molecular weight is 609 g/mol. The van der Waals surface area contributed by atoms with Crippen molar-refractivity contribution in [3.8, 4) is 34.1 Å². The number of aromatic nitrogens is 2. The Balaban J connectivity index is 1.43. The van der Waals surface area contributed by atoms with Crippen LogP contribution in [0.1, 0.15) is 36.6 Å². The van der Waals surface area contributed by atoms with Crippen LogP contribution in [0.4, 0.5) is 0 Å². The standard InChI is InChI=1S/C35H36N4O4S/c1-2-3-20-39-31(34(28-10-6-4-7-11-28)37-35(39)29-12-8-5-9-13-29)24-38(22-26-14-17-30(18-15-26)44(36,40)41)23-27-16-19-32-33(21-27)43-25-42-32/h4-19,21H,2-3,20,22-25H2,1H3,(H2,36,40,41). The van der Waals surface area contributed by atoms with Crippen LogP contribution >= 0.6 is 0 Å². The second-order valence-corrected chi connectivity index (χ2v) is 12.6. The topological polar surface area (TPSA) is 99.7 Å². The summed E-state index contributed by atoms with van der Waals surface area (Å²) in [7, 11) is -3.78. The first kappa shape index (κ1) is 29.6. The molecule has 226 valence electrons. The van der Waals surface area contributed by atoms with Gasteiger partial charge in [0.1, 0.15) is 5.82 Å². The summed E-state index contributed by atoms with van der Waals surface area (Å²) in [5.74, 6) is 2.44. The molecule has 0 fully saturated rings. The SMILES string of the molecule is CCCCn1c(-c2ccccc2)nc(-c2ccccc2)c1CN(Cc1ccc(S(N)(=O)=O)cc1)Cc1ccc2c(c1)OCO2. The van der Waals surface area contributed by atoms with E-state index in [1.165, 1.54) is 0 Å².